The number of likely N-dealkylation sites (N-methyl/N-ethyl adjacent to an activating group) is 1. The molecule has 112 valence electrons. The molecule has 0 saturated heterocycles. The van der Waals surface area contributed by atoms with Crippen LogP contribution in [-0.4, -0.2) is 31.4 Å². The number of carbonyl (C=O) groups is 1. The molecule has 0 aliphatic rings. The third-order valence-corrected chi connectivity index (χ3v) is 4.72. The minimum atomic E-state index is -0.218. The van der Waals surface area contributed by atoms with E-state index in [1.54, 1.807) is 29.5 Å². The van der Waals surface area contributed by atoms with Gasteiger partial charge in [0, 0.05) is 6.54 Å². The second-order valence-corrected chi connectivity index (χ2v) is 6.41. The first-order chi connectivity index (χ1) is 10.0. The van der Waals surface area contributed by atoms with Gasteiger partial charge < -0.3 is 10.2 Å². The summed E-state index contributed by atoms with van der Waals surface area (Å²) in [6.07, 6.45) is 0. The lowest BCUT2D eigenvalue weighted by Crippen LogP contribution is -2.34. The van der Waals surface area contributed by atoms with Crippen molar-refractivity contribution in [2.24, 2.45) is 0 Å². The molecule has 1 atom stereocenters. The SMILES string of the molecule is CN(C)C(CNC(=O)c1cccc(Cl)c1Cl)c1ccsc1. The highest BCUT2D eigenvalue weighted by Gasteiger charge is 2.18. The van der Waals surface area contributed by atoms with Crippen LogP contribution in [0.1, 0.15) is 22.0 Å². The van der Waals surface area contributed by atoms with E-state index in [1.807, 2.05) is 19.5 Å². The summed E-state index contributed by atoms with van der Waals surface area (Å²) in [4.78, 5) is 14.3. The van der Waals surface area contributed by atoms with Crippen LogP contribution in [-0.2, 0) is 0 Å². The summed E-state index contributed by atoms with van der Waals surface area (Å²) in [6.45, 7) is 0.505. The lowest BCUT2D eigenvalue weighted by Gasteiger charge is -2.24. The molecule has 21 heavy (non-hydrogen) atoms. The molecule has 0 fully saturated rings. The third-order valence-electron chi connectivity index (χ3n) is 3.20. The number of benzene rings is 1. The monoisotopic (exact) mass is 342 g/mol. The Labute approximate surface area is 138 Å². The van der Waals surface area contributed by atoms with Crippen LogP contribution in [0.5, 0.6) is 0 Å². The van der Waals surface area contributed by atoms with Crippen LogP contribution in [0.25, 0.3) is 0 Å². The van der Waals surface area contributed by atoms with E-state index >= 15 is 0 Å². The van der Waals surface area contributed by atoms with E-state index in [0.29, 0.717) is 17.1 Å². The number of amides is 1. The van der Waals surface area contributed by atoms with Gasteiger partial charge in [0.1, 0.15) is 0 Å². The highest BCUT2D eigenvalue weighted by atomic mass is 35.5. The van der Waals surface area contributed by atoms with Gasteiger partial charge in [0.05, 0.1) is 21.7 Å². The molecule has 0 saturated carbocycles. The fraction of sp³-hybridized carbons (Fsp3) is 0.267. The number of rotatable bonds is 5. The Morgan fingerprint density at radius 3 is 2.71 bits per heavy atom. The van der Waals surface area contributed by atoms with Crippen molar-refractivity contribution in [3.05, 3.63) is 56.2 Å². The van der Waals surface area contributed by atoms with E-state index in [2.05, 4.69) is 21.7 Å². The Kier molecular flexibility index (Phi) is 5.65. The van der Waals surface area contributed by atoms with E-state index in [9.17, 15) is 4.79 Å². The Balaban J connectivity index is 2.07. The van der Waals surface area contributed by atoms with Crippen molar-refractivity contribution >= 4 is 40.4 Å². The molecule has 6 heteroatoms. The van der Waals surface area contributed by atoms with Gasteiger partial charge >= 0.3 is 0 Å². The zero-order chi connectivity index (χ0) is 15.4. The van der Waals surface area contributed by atoms with Crippen molar-refractivity contribution in [3.63, 3.8) is 0 Å². The number of carbonyl (C=O) groups excluding carboxylic acids is 1. The van der Waals surface area contributed by atoms with Crippen LogP contribution in [0.4, 0.5) is 0 Å². The highest BCUT2D eigenvalue weighted by molar-refractivity contribution is 7.07. The molecule has 1 amide bonds. The summed E-state index contributed by atoms with van der Waals surface area (Å²) in [5.74, 6) is -0.218. The second kappa shape index (κ2) is 7.27. The minimum absolute atomic E-state index is 0.123. The first kappa shape index (κ1) is 16.3. The van der Waals surface area contributed by atoms with Gasteiger partial charge in [0.15, 0.2) is 0 Å². The summed E-state index contributed by atoms with van der Waals surface area (Å²) in [6, 6.07) is 7.23. The van der Waals surface area contributed by atoms with E-state index in [1.165, 1.54) is 5.56 Å². The third kappa shape index (κ3) is 3.98. The standard InChI is InChI=1S/C15H16Cl2N2OS/c1-19(2)13(10-6-7-21-9-10)8-18-15(20)11-4-3-5-12(16)14(11)17/h3-7,9,13H,8H2,1-2H3,(H,18,20). The van der Waals surface area contributed by atoms with E-state index in [-0.39, 0.29) is 17.0 Å². The van der Waals surface area contributed by atoms with Gasteiger partial charge in [-0.05, 0) is 48.6 Å². The molecular formula is C15H16Cl2N2OS. The summed E-state index contributed by atoms with van der Waals surface area (Å²) in [5.41, 5.74) is 1.58. The van der Waals surface area contributed by atoms with Crippen LogP contribution >= 0.6 is 34.5 Å². The molecule has 0 spiro atoms. The zero-order valence-electron chi connectivity index (χ0n) is 11.8. The number of nitrogens with one attached hydrogen (secondary N) is 1. The maximum Gasteiger partial charge on any atom is 0.252 e. The minimum Gasteiger partial charge on any atom is -0.350 e. The van der Waals surface area contributed by atoms with Gasteiger partial charge in [-0.1, -0.05) is 29.3 Å². The predicted octanol–water partition coefficient (Wildman–Crippen LogP) is 4.09. The fourth-order valence-electron chi connectivity index (χ4n) is 2.03. The zero-order valence-corrected chi connectivity index (χ0v) is 14.1. The Hall–Kier alpha value is -1.07. The quantitative estimate of drug-likeness (QED) is 0.887. The number of hydrogen-bond donors (Lipinski definition) is 1. The summed E-state index contributed by atoms with van der Waals surface area (Å²) in [7, 11) is 3.97. The lowest BCUT2D eigenvalue weighted by molar-refractivity contribution is 0.0942. The molecule has 1 unspecified atom stereocenters. The van der Waals surface area contributed by atoms with E-state index < -0.39 is 0 Å². The van der Waals surface area contributed by atoms with Crippen molar-refractivity contribution in [2.45, 2.75) is 6.04 Å². The molecule has 1 heterocycles. The average Bonchev–Trinajstić information content (AvgIpc) is 2.95. The molecule has 0 bridgehead atoms. The van der Waals surface area contributed by atoms with Gasteiger partial charge in [-0.15, -0.1) is 0 Å². The largest absolute Gasteiger partial charge is 0.350 e. The van der Waals surface area contributed by atoms with Crippen molar-refractivity contribution in [1.82, 2.24) is 10.2 Å². The number of hydrogen-bond acceptors (Lipinski definition) is 3. The molecule has 0 aliphatic carbocycles. The molecule has 1 aromatic heterocycles. The predicted molar refractivity (Wildman–Crippen MR) is 89.5 cm³/mol. The second-order valence-electron chi connectivity index (χ2n) is 4.85. The van der Waals surface area contributed by atoms with Gasteiger partial charge in [0.2, 0.25) is 0 Å². The Bertz CT molecular complexity index is 614. The van der Waals surface area contributed by atoms with Gasteiger partial charge in [-0.2, -0.15) is 11.3 Å². The maximum absolute atomic E-state index is 12.2. The van der Waals surface area contributed by atoms with Gasteiger partial charge in [0.25, 0.3) is 5.91 Å². The van der Waals surface area contributed by atoms with Crippen molar-refractivity contribution in [2.75, 3.05) is 20.6 Å². The normalized spacial score (nSPS) is 12.4. The topological polar surface area (TPSA) is 32.3 Å². The van der Waals surface area contributed by atoms with E-state index in [0.717, 1.165) is 0 Å². The molecule has 0 aliphatic heterocycles. The van der Waals surface area contributed by atoms with Crippen LogP contribution in [0, 0.1) is 0 Å². The van der Waals surface area contributed by atoms with Crippen molar-refractivity contribution < 1.29 is 4.79 Å². The number of nitrogens with zero attached hydrogens (tertiary/aromatic N) is 1. The van der Waals surface area contributed by atoms with Crippen LogP contribution < -0.4 is 5.32 Å². The van der Waals surface area contributed by atoms with E-state index in [4.69, 9.17) is 23.2 Å². The van der Waals surface area contributed by atoms with Gasteiger partial charge in [-0.3, -0.25) is 4.79 Å². The molecule has 2 aromatic rings. The maximum atomic E-state index is 12.2. The fourth-order valence-corrected chi connectivity index (χ4v) is 3.12. The molecule has 2 rings (SSSR count). The summed E-state index contributed by atoms with van der Waals surface area (Å²) >= 11 is 13.6. The molecular weight excluding hydrogens is 327 g/mol. The lowest BCUT2D eigenvalue weighted by atomic mass is 10.1. The number of halogens is 2. The molecule has 0 radical (unpaired) electrons. The molecule has 3 nitrogen and oxygen atoms in total. The molecule has 1 aromatic carbocycles. The average molecular weight is 343 g/mol. The van der Waals surface area contributed by atoms with Crippen LogP contribution in [0.3, 0.4) is 0 Å². The van der Waals surface area contributed by atoms with Gasteiger partial charge in [-0.25, -0.2) is 0 Å². The first-order valence-corrected chi connectivity index (χ1v) is 8.11. The highest BCUT2D eigenvalue weighted by Crippen LogP contribution is 2.26. The summed E-state index contributed by atoms with van der Waals surface area (Å²) in [5, 5.41) is 7.70. The summed E-state index contributed by atoms with van der Waals surface area (Å²) < 4.78 is 0. The number of thiophene rings is 1. The van der Waals surface area contributed by atoms with Crippen molar-refractivity contribution in [1.29, 1.82) is 0 Å². The van der Waals surface area contributed by atoms with Crippen molar-refractivity contribution in [3.8, 4) is 0 Å². The Morgan fingerprint density at radius 1 is 1.33 bits per heavy atom. The van der Waals surface area contributed by atoms with Crippen LogP contribution in [0.2, 0.25) is 10.0 Å². The van der Waals surface area contributed by atoms with Crippen LogP contribution in [0.15, 0.2) is 35.0 Å². The smallest absolute Gasteiger partial charge is 0.252 e. The molecule has 1 N–H and O–H groups in total. The first-order valence-electron chi connectivity index (χ1n) is 6.41. The Morgan fingerprint density at radius 2 is 2.10 bits per heavy atom.